The molecule has 1 heterocycles. The first-order valence-corrected chi connectivity index (χ1v) is 7.34. The first-order chi connectivity index (χ1) is 10.8. The number of hydrogen-bond acceptors (Lipinski definition) is 3. The Labute approximate surface area is 129 Å². The van der Waals surface area contributed by atoms with Gasteiger partial charge in [0.25, 0.3) is 5.91 Å². The molecule has 0 N–H and O–H groups in total. The van der Waals surface area contributed by atoms with Crippen molar-refractivity contribution in [2.45, 2.75) is 12.8 Å². The SMILES string of the molecule is O=Cc1ccc(OCC(=O)N2CCCc3ccccc32)cc1. The summed E-state index contributed by atoms with van der Waals surface area (Å²) in [5.74, 6) is 0.538. The van der Waals surface area contributed by atoms with Gasteiger partial charge in [0, 0.05) is 17.8 Å². The van der Waals surface area contributed by atoms with Gasteiger partial charge in [0.2, 0.25) is 0 Å². The number of carbonyl (C=O) groups is 2. The van der Waals surface area contributed by atoms with Crippen molar-refractivity contribution < 1.29 is 14.3 Å². The van der Waals surface area contributed by atoms with Crippen molar-refractivity contribution in [2.75, 3.05) is 18.1 Å². The maximum atomic E-state index is 12.4. The minimum absolute atomic E-state index is 0.00519. The average molecular weight is 295 g/mol. The molecule has 2 aromatic rings. The normalized spacial score (nSPS) is 13.4. The largest absolute Gasteiger partial charge is 0.484 e. The Balaban J connectivity index is 1.66. The number of carbonyl (C=O) groups excluding carboxylic acids is 2. The molecule has 1 aliphatic heterocycles. The third kappa shape index (κ3) is 3.01. The monoisotopic (exact) mass is 295 g/mol. The van der Waals surface area contributed by atoms with E-state index in [2.05, 4.69) is 6.07 Å². The molecule has 0 aliphatic carbocycles. The van der Waals surface area contributed by atoms with Gasteiger partial charge in [-0.05, 0) is 48.7 Å². The van der Waals surface area contributed by atoms with Gasteiger partial charge in [-0.2, -0.15) is 0 Å². The zero-order valence-electron chi connectivity index (χ0n) is 12.2. The van der Waals surface area contributed by atoms with Crippen molar-refractivity contribution in [1.82, 2.24) is 0 Å². The maximum absolute atomic E-state index is 12.4. The molecule has 1 aliphatic rings. The van der Waals surface area contributed by atoms with Crippen LogP contribution in [0.15, 0.2) is 48.5 Å². The van der Waals surface area contributed by atoms with E-state index >= 15 is 0 Å². The number of benzene rings is 2. The first kappa shape index (κ1) is 14.3. The van der Waals surface area contributed by atoms with E-state index in [-0.39, 0.29) is 12.5 Å². The molecule has 0 unspecified atom stereocenters. The number of rotatable bonds is 4. The van der Waals surface area contributed by atoms with E-state index < -0.39 is 0 Å². The lowest BCUT2D eigenvalue weighted by Gasteiger charge is -2.29. The van der Waals surface area contributed by atoms with Crippen LogP contribution in [0.5, 0.6) is 5.75 Å². The summed E-state index contributed by atoms with van der Waals surface area (Å²) in [5.41, 5.74) is 2.78. The fourth-order valence-corrected chi connectivity index (χ4v) is 2.66. The molecule has 0 aromatic heterocycles. The van der Waals surface area contributed by atoms with Crippen molar-refractivity contribution in [3.05, 3.63) is 59.7 Å². The molecule has 0 fully saturated rings. The minimum Gasteiger partial charge on any atom is -0.484 e. The smallest absolute Gasteiger partial charge is 0.264 e. The topological polar surface area (TPSA) is 46.6 Å². The Morgan fingerprint density at radius 2 is 1.91 bits per heavy atom. The number of aryl methyl sites for hydroxylation is 1. The van der Waals surface area contributed by atoms with Crippen molar-refractivity contribution in [2.24, 2.45) is 0 Å². The molecular formula is C18H17NO3. The van der Waals surface area contributed by atoms with Crippen molar-refractivity contribution >= 4 is 17.9 Å². The number of hydrogen-bond donors (Lipinski definition) is 0. The van der Waals surface area contributed by atoms with Crippen LogP contribution >= 0.6 is 0 Å². The van der Waals surface area contributed by atoms with Crippen LogP contribution in [0.3, 0.4) is 0 Å². The predicted octanol–water partition coefficient (Wildman–Crippen LogP) is 2.86. The van der Waals surface area contributed by atoms with E-state index in [0.29, 0.717) is 11.3 Å². The zero-order valence-corrected chi connectivity index (χ0v) is 12.2. The van der Waals surface area contributed by atoms with Gasteiger partial charge in [-0.1, -0.05) is 18.2 Å². The third-order valence-corrected chi connectivity index (χ3v) is 3.79. The Hall–Kier alpha value is -2.62. The molecule has 112 valence electrons. The van der Waals surface area contributed by atoms with Gasteiger partial charge in [0.05, 0.1) is 0 Å². The van der Waals surface area contributed by atoms with Gasteiger partial charge in [-0.25, -0.2) is 0 Å². The summed E-state index contributed by atoms with van der Waals surface area (Å²) < 4.78 is 5.53. The second-order valence-corrected chi connectivity index (χ2v) is 5.25. The summed E-state index contributed by atoms with van der Waals surface area (Å²) >= 11 is 0. The standard InChI is InChI=1S/C18H17NO3/c20-12-14-7-9-16(10-8-14)22-13-18(21)19-11-3-5-15-4-1-2-6-17(15)19/h1-2,4,6-10,12H,3,5,11,13H2. The number of ether oxygens (including phenoxy) is 1. The predicted molar refractivity (Wildman–Crippen MR) is 84.4 cm³/mol. The zero-order chi connectivity index (χ0) is 15.4. The molecule has 22 heavy (non-hydrogen) atoms. The summed E-state index contributed by atoms with van der Waals surface area (Å²) in [6.45, 7) is 0.720. The van der Waals surface area contributed by atoms with Gasteiger partial charge in [-0.15, -0.1) is 0 Å². The lowest BCUT2D eigenvalue weighted by molar-refractivity contribution is -0.120. The van der Waals surface area contributed by atoms with Gasteiger partial charge >= 0.3 is 0 Å². The van der Waals surface area contributed by atoms with Crippen LogP contribution in [0.2, 0.25) is 0 Å². The second kappa shape index (κ2) is 6.43. The van der Waals surface area contributed by atoms with Crippen LogP contribution in [0.25, 0.3) is 0 Å². The molecule has 4 nitrogen and oxygen atoms in total. The quantitative estimate of drug-likeness (QED) is 0.815. The molecule has 4 heteroatoms. The van der Waals surface area contributed by atoms with Gasteiger partial charge in [0.15, 0.2) is 6.61 Å². The Morgan fingerprint density at radius 1 is 1.14 bits per heavy atom. The van der Waals surface area contributed by atoms with E-state index in [4.69, 9.17) is 4.74 Å². The van der Waals surface area contributed by atoms with Crippen LogP contribution in [-0.4, -0.2) is 25.3 Å². The molecule has 0 saturated carbocycles. The molecular weight excluding hydrogens is 278 g/mol. The maximum Gasteiger partial charge on any atom is 0.264 e. The van der Waals surface area contributed by atoms with Crippen LogP contribution in [0.4, 0.5) is 5.69 Å². The lowest BCUT2D eigenvalue weighted by Crippen LogP contribution is -2.38. The van der Waals surface area contributed by atoms with Crippen LogP contribution in [0.1, 0.15) is 22.3 Å². The Kier molecular flexibility index (Phi) is 4.19. The van der Waals surface area contributed by atoms with Gasteiger partial charge in [-0.3, -0.25) is 9.59 Å². The molecule has 0 bridgehead atoms. The Morgan fingerprint density at radius 3 is 2.68 bits per heavy atom. The van der Waals surface area contributed by atoms with Gasteiger partial charge in [0.1, 0.15) is 12.0 Å². The summed E-state index contributed by atoms with van der Waals surface area (Å²) in [6, 6.07) is 14.7. The van der Waals surface area contributed by atoms with Crippen molar-refractivity contribution in [1.29, 1.82) is 0 Å². The highest BCUT2D eigenvalue weighted by molar-refractivity contribution is 5.95. The molecule has 1 amide bonds. The molecule has 0 saturated heterocycles. The lowest BCUT2D eigenvalue weighted by atomic mass is 10.0. The number of anilines is 1. The molecule has 0 atom stereocenters. The number of para-hydroxylation sites is 1. The summed E-state index contributed by atoms with van der Waals surface area (Å²) in [4.78, 5) is 24.8. The van der Waals surface area contributed by atoms with Crippen LogP contribution < -0.4 is 9.64 Å². The Bertz CT molecular complexity index is 679. The molecule has 0 radical (unpaired) electrons. The highest BCUT2D eigenvalue weighted by Crippen LogP contribution is 2.26. The third-order valence-electron chi connectivity index (χ3n) is 3.79. The highest BCUT2D eigenvalue weighted by Gasteiger charge is 2.22. The van der Waals surface area contributed by atoms with E-state index in [1.165, 1.54) is 5.56 Å². The van der Waals surface area contributed by atoms with E-state index in [9.17, 15) is 9.59 Å². The number of aldehydes is 1. The first-order valence-electron chi connectivity index (χ1n) is 7.34. The summed E-state index contributed by atoms with van der Waals surface area (Å²) in [6.07, 6.45) is 2.75. The highest BCUT2D eigenvalue weighted by atomic mass is 16.5. The molecule has 3 rings (SSSR count). The van der Waals surface area contributed by atoms with Crippen molar-refractivity contribution in [3.8, 4) is 5.75 Å². The number of nitrogens with zero attached hydrogens (tertiary/aromatic N) is 1. The van der Waals surface area contributed by atoms with Crippen LogP contribution in [0, 0.1) is 0 Å². The summed E-state index contributed by atoms with van der Waals surface area (Å²) in [7, 11) is 0. The minimum atomic E-state index is -0.0494. The van der Waals surface area contributed by atoms with E-state index in [1.54, 1.807) is 29.2 Å². The van der Waals surface area contributed by atoms with Crippen molar-refractivity contribution in [3.63, 3.8) is 0 Å². The fourth-order valence-electron chi connectivity index (χ4n) is 2.66. The van der Waals surface area contributed by atoms with Crippen LogP contribution in [-0.2, 0) is 11.2 Å². The average Bonchev–Trinajstić information content (AvgIpc) is 2.59. The molecule has 2 aromatic carbocycles. The fraction of sp³-hybridized carbons (Fsp3) is 0.222. The van der Waals surface area contributed by atoms with E-state index in [1.807, 2.05) is 18.2 Å². The second-order valence-electron chi connectivity index (χ2n) is 5.25. The van der Waals surface area contributed by atoms with Gasteiger partial charge < -0.3 is 9.64 Å². The molecule has 0 spiro atoms. The number of amides is 1. The number of fused-ring (bicyclic) bond motifs is 1. The summed E-state index contributed by atoms with van der Waals surface area (Å²) in [5, 5.41) is 0. The van der Waals surface area contributed by atoms with E-state index in [0.717, 1.165) is 31.4 Å².